The highest BCUT2D eigenvalue weighted by Crippen LogP contribution is 2.19. The van der Waals surface area contributed by atoms with Gasteiger partial charge in [0, 0.05) is 5.69 Å². The Labute approximate surface area is 135 Å². The van der Waals surface area contributed by atoms with Crippen molar-refractivity contribution in [2.45, 2.75) is 19.8 Å². The minimum atomic E-state index is -0.369. The molecule has 0 spiro atoms. The zero-order valence-electron chi connectivity index (χ0n) is 13.3. The van der Waals surface area contributed by atoms with Crippen molar-refractivity contribution < 1.29 is 18.7 Å². The van der Waals surface area contributed by atoms with E-state index in [1.54, 1.807) is 37.4 Å². The van der Waals surface area contributed by atoms with Gasteiger partial charge >= 0.3 is 0 Å². The molecule has 0 unspecified atom stereocenters. The number of hydrogen-bond acceptors (Lipinski definition) is 3. The first-order chi connectivity index (χ1) is 11.1. The third-order valence-electron chi connectivity index (χ3n) is 3.38. The number of hydrogen-bond donors (Lipinski definition) is 1. The Kier molecular flexibility index (Phi) is 5.97. The van der Waals surface area contributed by atoms with Crippen molar-refractivity contribution >= 4 is 11.6 Å². The largest absolute Gasteiger partial charge is 0.497 e. The Morgan fingerprint density at radius 3 is 2.48 bits per heavy atom. The van der Waals surface area contributed by atoms with Gasteiger partial charge in [-0.05, 0) is 48.4 Å². The first-order valence-electron chi connectivity index (χ1n) is 7.47. The van der Waals surface area contributed by atoms with Gasteiger partial charge < -0.3 is 14.8 Å². The molecule has 122 valence electrons. The lowest BCUT2D eigenvalue weighted by Gasteiger charge is -2.11. The maximum atomic E-state index is 13.3. The van der Waals surface area contributed by atoms with Gasteiger partial charge in [0.15, 0.2) is 0 Å². The van der Waals surface area contributed by atoms with Crippen LogP contribution in [-0.4, -0.2) is 19.6 Å². The van der Waals surface area contributed by atoms with Crippen LogP contribution in [0.1, 0.15) is 18.9 Å². The summed E-state index contributed by atoms with van der Waals surface area (Å²) in [5.74, 6) is 0.831. The minimum absolute atomic E-state index is 0.186. The van der Waals surface area contributed by atoms with Crippen LogP contribution < -0.4 is 14.8 Å². The molecule has 0 bridgehead atoms. The van der Waals surface area contributed by atoms with Crippen molar-refractivity contribution in [1.29, 1.82) is 0 Å². The van der Waals surface area contributed by atoms with E-state index >= 15 is 0 Å². The summed E-state index contributed by atoms with van der Waals surface area (Å²) in [6.45, 7) is 2.20. The molecule has 0 fully saturated rings. The fourth-order valence-corrected chi connectivity index (χ4v) is 2.12. The molecule has 23 heavy (non-hydrogen) atoms. The molecular weight excluding hydrogens is 297 g/mol. The average Bonchev–Trinajstić information content (AvgIpc) is 2.56. The molecule has 0 aliphatic heterocycles. The summed E-state index contributed by atoms with van der Waals surface area (Å²) in [4.78, 5) is 11.9. The predicted octanol–water partition coefficient (Wildman–Crippen LogP) is 3.80. The van der Waals surface area contributed by atoms with E-state index in [2.05, 4.69) is 5.32 Å². The molecule has 4 nitrogen and oxygen atoms in total. The molecule has 2 rings (SSSR count). The first-order valence-corrected chi connectivity index (χ1v) is 7.47. The lowest BCUT2D eigenvalue weighted by Crippen LogP contribution is -2.16. The number of anilines is 1. The highest BCUT2D eigenvalue weighted by Gasteiger charge is 2.08. The van der Waals surface area contributed by atoms with Crippen LogP contribution in [0, 0.1) is 5.82 Å². The molecule has 2 aromatic rings. The first kappa shape index (κ1) is 16.8. The van der Waals surface area contributed by atoms with Gasteiger partial charge in [0.1, 0.15) is 17.3 Å². The van der Waals surface area contributed by atoms with E-state index in [1.165, 1.54) is 12.1 Å². The number of amides is 1. The van der Waals surface area contributed by atoms with Gasteiger partial charge in [0.05, 0.1) is 20.1 Å². The van der Waals surface area contributed by atoms with Crippen molar-refractivity contribution in [3.05, 3.63) is 53.8 Å². The SMILES string of the molecule is CCc1ccc(F)cc1NC(=O)CCOc1ccc(OC)cc1. The number of methoxy groups -OCH3 is 1. The second-order valence-corrected chi connectivity index (χ2v) is 4.98. The molecule has 0 radical (unpaired) electrons. The summed E-state index contributed by atoms with van der Waals surface area (Å²) in [5, 5.41) is 2.73. The summed E-state index contributed by atoms with van der Waals surface area (Å²) in [7, 11) is 1.59. The Balaban J connectivity index is 1.84. The van der Waals surface area contributed by atoms with Gasteiger partial charge in [-0.1, -0.05) is 13.0 Å². The summed E-state index contributed by atoms with van der Waals surface area (Å²) in [6, 6.07) is 11.5. The van der Waals surface area contributed by atoms with Crippen LogP contribution in [0.15, 0.2) is 42.5 Å². The van der Waals surface area contributed by atoms with Gasteiger partial charge in [-0.3, -0.25) is 4.79 Å². The Morgan fingerprint density at radius 1 is 1.13 bits per heavy atom. The van der Waals surface area contributed by atoms with Gasteiger partial charge in [-0.2, -0.15) is 0 Å². The van der Waals surface area contributed by atoms with Crippen molar-refractivity contribution in [3.63, 3.8) is 0 Å². The molecule has 0 aliphatic carbocycles. The number of aryl methyl sites for hydroxylation is 1. The van der Waals surface area contributed by atoms with Crippen LogP contribution in [0.3, 0.4) is 0 Å². The lowest BCUT2D eigenvalue weighted by atomic mass is 10.1. The van der Waals surface area contributed by atoms with E-state index in [0.717, 1.165) is 17.7 Å². The molecule has 0 saturated carbocycles. The van der Waals surface area contributed by atoms with E-state index in [1.807, 2.05) is 6.92 Å². The van der Waals surface area contributed by atoms with Crippen LogP contribution in [0.4, 0.5) is 10.1 Å². The van der Waals surface area contributed by atoms with Crippen molar-refractivity contribution in [1.82, 2.24) is 0 Å². The Bertz CT molecular complexity index is 656. The van der Waals surface area contributed by atoms with E-state index in [-0.39, 0.29) is 24.8 Å². The third-order valence-corrected chi connectivity index (χ3v) is 3.38. The highest BCUT2D eigenvalue weighted by molar-refractivity contribution is 5.91. The summed E-state index contributed by atoms with van der Waals surface area (Å²) >= 11 is 0. The second kappa shape index (κ2) is 8.17. The summed E-state index contributed by atoms with van der Waals surface area (Å²) in [6.07, 6.45) is 0.907. The molecular formula is C18H20FNO3. The Morgan fingerprint density at radius 2 is 1.83 bits per heavy atom. The van der Waals surface area contributed by atoms with Crippen LogP contribution in [-0.2, 0) is 11.2 Å². The normalized spacial score (nSPS) is 10.2. The molecule has 0 aromatic heterocycles. The fraction of sp³-hybridized carbons (Fsp3) is 0.278. The van der Waals surface area contributed by atoms with Crippen LogP contribution in [0.5, 0.6) is 11.5 Å². The molecule has 2 aromatic carbocycles. The van der Waals surface area contributed by atoms with Crippen LogP contribution in [0.2, 0.25) is 0 Å². The number of halogens is 1. The summed E-state index contributed by atoms with van der Waals surface area (Å²) < 4.78 is 23.8. The van der Waals surface area contributed by atoms with Crippen LogP contribution in [0.25, 0.3) is 0 Å². The number of carbonyl (C=O) groups is 1. The summed E-state index contributed by atoms with van der Waals surface area (Å²) in [5.41, 5.74) is 1.41. The smallest absolute Gasteiger partial charge is 0.227 e. The zero-order chi connectivity index (χ0) is 16.7. The molecule has 1 amide bonds. The number of ether oxygens (including phenoxy) is 2. The van der Waals surface area contributed by atoms with Gasteiger partial charge in [0.2, 0.25) is 5.91 Å². The van der Waals surface area contributed by atoms with Gasteiger partial charge in [-0.15, -0.1) is 0 Å². The molecule has 1 N–H and O–H groups in total. The fourth-order valence-electron chi connectivity index (χ4n) is 2.12. The maximum absolute atomic E-state index is 13.3. The second-order valence-electron chi connectivity index (χ2n) is 4.98. The number of nitrogens with one attached hydrogen (secondary N) is 1. The van der Waals surface area contributed by atoms with E-state index in [0.29, 0.717) is 11.4 Å². The molecule has 0 heterocycles. The lowest BCUT2D eigenvalue weighted by molar-refractivity contribution is -0.116. The molecule has 0 saturated heterocycles. The third kappa shape index (κ3) is 4.98. The van der Waals surface area contributed by atoms with E-state index in [4.69, 9.17) is 9.47 Å². The zero-order valence-corrected chi connectivity index (χ0v) is 13.3. The van der Waals surface area contributed by atoms with Crippen molar-refractivity contribution in [2.75, 3.05) is 19.0 Å². The number of rotatable bonds is 7. The number of carbonyl (C=O) groups excluding carboxylic acids is 1. The maximum Gasteiger partial charge on any atom is 0.227 e. The highest BCUT2D eigenvalue weighted by atomic mass is 19.1. The van der Waals surface area contributed by atoms with Gasteiger partial charge in [0.25, 0.3) is 0 Å². The van der Waals surface area contributed by atoms with Crippen molar-refractivity contribution in [2.24, 2.45) is 0 Å². The minimum Gasteiger partial charge on any atom is -0.497 e. The molecule has 0 aliphatic rings. The average molecular weight is 317 g/mol. The van der Waals surface area contributed by atoms with Crippen molar-refractivity contribution in [3.8, 4) is 11.5 Å². The monoisotopic (exact) mass is 317 g/mol. The van der Waals surface area contributed by atoms with Gasteiger partial charge in [-0.25, -0.2) is 4.39 Å². The van der Waals surface area contributed by atoms with E-state index in [9.17, 15) is 9.18 Å². The van der Waals surface area contributed by atoms with Crippen LogP contribution >= 0.6 is 0 Å². The number of benzene rings is 2. The topological polar surface area (TPSA) is 47.6 Å². The standard InChI is InChI=1S/C18H20FNO3/c1-3-13-4-5-14(19)12-17(13)20-18(21)10-11-23-16-8-6-15(22-2)7-9-16/h4-9,12H,3,10-11H2,1-2H3,(H,20,21). The predicted molar refractivity (Wildman–Crippen MR) is 87.5 cm³/mol. The Hall–Kier alpha value is -2.56. The van der Waals surface area contributed by atoms with E-state index < -0.39 is 0 Å². The molecule has 0 atom stereocenters. The molecule has 5 heteroatoms. The quantitative estimate of drug-likeness (QED) is 0.845.